The number of hydrogen-bond acceptors (Lipinski definition) is 2. The van der Waals surface area contributed by atoms with Gasteiger partial charge in [-0.05, 0) is 48.1 Å². The van der Waals surface area contributed by atoms with Gasteiger partial charge in [-0.2, -0.15) is 0 Å². The van der Waals surface area contributed by atoms with E-state index in [0.717, 1.165) is 25.0 Å². The first-order chi connectivity index (χ1) is 15.6. The van der Waals surface area contributed by atoms with E-state index in [0.29, 0.717) is 6.42 Å². The SMILES string of the molecule is CCCCCCC(Oc1ccc(C(C)(C)CCCCC)cc1C(C)(C)CCCCC)C(N)=O. The number of benzene rings is 1. The van der Waals surface area contributed by atoms with E-state index >= 15 is 0 Å². The molecule has 0 fully saturated rings. The molecule has 1 aromatic rings. The minimum Gasteiger partial charge on any atom is -0.480 e. The first kappa shape index (κ1) is 29.5. The summed E-state index contributed by atoms with van der Waals surface area (Å²) in [6.07, 6.45) is 14.3. The van der Waals surface area contributed by atoms with Crippen LogP contribution in [0.4, 0.5) is 0 Å². The van der Waals surface area contributed by atoms with Gasteiger partial charge < -0.3 is 10.5 Å². The summed E-state index contributed by atoms with van der Waals surface area (Å²) in [5, 5.41) is 0. The van der Waals surface area contributed by atoms with E-state index in [9.17, 15) is 4.79 Å². The molecule has 33 heavy (non-hydrogen) atoms. The average Bonchev–Trinajstić information content (AvgIpc) is 2.75. The zero-order chi connectivity index (χ0) is 24.9. The van der Waals surface area contributed by atoms with Crippen LogP contribution in [0.3, 0.4) is 0 Å². The number of carbonyl (C=O) groups is 1. The zero-order valence-electron chi connectivity index (χ0n) is 22.9. The number of rotatable bonds is 18. The molecule has 0 aliphatic heterocycles. The van der Waals surface area contributed by atoms with Crippen molar-refractivity contribution >= 4 is 5.91 Å². The second-order valence-electron chi connectivity index (χ2n) is 11.3. The van der Waals surface area contributed by atoms with Crippen LogP contribution in [0.5, 0.6) is 5.75 Å². The van der Waals surface area contributed by atoms with E-state index in [1.54, 1.807) is 0 Å². The van der Waals surface area contributed by atoms with Crippen LogP contribution < -0.4 is 10.5 Å². The highest BCUT2D eigenvalue weighted by molar-refractivity contribution is 5.79. The molecule has 3 nitrogen and oxygen atoms in total. The van der Waals surface area contributed by atoms with Crippen LogP contribution >= 0.6 is 0 Å². The number of unbranched alkanes of at least 4 members (excludes halogenated alkanes) is 7. The Kier molecular flexibility index (Phi) is 13.1. The summed E-state index contributed by atoms with van der Waals surface area (Å²) in [7, 11) is 0. The van der Waals surface area contributed by atoms with Gasteiger partial charge in [-0.25, -0.2) is 0 Å². The van der Waals surface area contributed by atoms with E-state index in [2.05, 4.69) is 66.7 Å². The van der Waals surface area contributed by atoms with Gasteiger partial charge in [-0.3, -0.25) is 4.79 Å². The van der Waals surface area contributed by atoms with Crippen molar-refractivity contribution in [3.63, 3.8) is 0 Å². The van der Waals surface area contributed by atoms with Gasteiger partial charge in [-0.15, -0.1) is 0 Å². The minimum absolute atomic E-state index is 0.0234. The topological polar surface area (TPSA) is 52.3 Å². The van der Waals surface area contributed by atoms with Crippen LogP contribution in [-0.4, -0.2) is 12.0 Å². The second-order valence-corrected chi connectivity index (χ2v) is 11.3. The van der Waals surface area contributed by atoms with Gasteiger partial charge in [0.1, 0.15) is 5.75 Å². The largest absolute Gasteiger partial charge is 0.480 e. The molecule has 0 aliphatic rings. The standard InChI is InChI=1S/C30H53NO2/c1-8-11-14-15-18-27(28(31)32)33-26-20-19-24(29(4,5)21-16-12-9-2)23-25(26)30(6,7)22-17-13-10-3/h19-20,23,27H,8-18,21-22H2,1-7H3,(H2,31,32). The third-order valence-corrected chi connectivity index (χ3v) is 7.21. The van der Waals surface area contributed by atoms with Gasteiger partial charge in [0.25, 0.3) is 5.91 Å². The molecule has 1 rings (SSSR count). The summed E-state index contributed by atoms with van der Waals surface area (Å²) >= 11 is 0. The quantitative estimate of drug-likeness (QED) is 0.223. The number of primary amides is 1. The lowest BCUT2D eigenvalue weighted by molar-refractivity contribution is -0.125. The Labute approximate surface area is 205 Å². The Balaban J connectivity index is 3.24. The Bertz CT molecular complexity index is 693. The highest BCUT2D eigenvalue weighted by Crippen LogP contribution is 2.40. The fourth-order valence-corrected chi connectivity index (χ4v) is 4.66. The summed E-state index contributed by atoms with van der Waals surface area (Å²) in [5.41, 5.74) is 8.44. The average molecular weight is 460 g/mol. The van der Waals surface area contributed by atoms with Crippen molar-refractivity contribution < 1.29 is 9.53 Å². The van der Waals surface area contributed by atoms with Crippen LogP contribution in [0.25, 0.3) is 0 Å². The van der Waals surface area contributed by atoms with E-state index in [1.165, 1.54) is 68.9 Å². The number of carbonyl (C=O) groups excluding carboxylic acids is 1. The van der Waals surface area contributed by atoms with Gasteiger partial charge in [-0.1, -0.05) is 118 Å². The smallest absolute Gasteiger partial charge is 0.258 e. The molecule has 0 aromatic heterocycles. The van der Waals surface area contributed by atoms with Crippen LogP contribution in [0.2, 0.25) is 0 Å². The van der Waals surface area contributed by atoms with Crippen molar-refractivity contribution in [1.29, 1.82) is 0 Å². The maximum Gasteiger partial charge on any atom is 0.258 e. The Morgan fingerprint density at radius 1 is 0.818 bits per heavy atom. The van der Waals surface area contributed by atoms with Crippen molar-refractivity contribution in [1.82, 2.24) is 0 Å². The number of amides is 1. The molecule has 1 unspecified atom stereocenters. The lowest BCUT2D eigenvalue weighted by Gasteiger charge is -2.32. The molecule has 0 aliphatic carbocycles. The molecule has 1 amide bonds. The third-order valence-electron chi connectivity index (χ3n) is 7.21. The molecule has 0 saturated heterocycles. The Morgan fingerprint density at radius 3 is 1.91 bits per heavy atom. The molecule has 190 valence electrons. The first-order valence-electron chi connectivity index (χ1n) is 13.7. The second kappa shape index (κ2) is 14.7. The van der Waals surface area contributed by atoms with Gasteiger partial charge >= 0.3 is 0 Å². The summed E-state index contributed by atoms with van der Waals surface area (Å²) in [4.78, 5) is 12.2. The molecule has 1 aromatic carbocycles. The van der Waals surface area contributed by atoms with Gasteiger partial charge in [0.15, 0.2) is 6.10 Å². The molecule has 3 heteroatoms. The zero-order valence-corrected chi connectivity index (χ0v) is 22.9. The normalized spacial score (nSPS) is 13.2. The highest BCUT2D eigenvalue weighted by Gasteiger charge is 2.29. The predicted octanol–water partition coefficient (Wildman–Crippen LogP) is 8.61. The van der Waals surface area contributed by atoms with E-state index in [-0.39, 0.29) is 16.7 Å². The maximum atomic E-state index is 12.2. The molecule has 1 atom stereocenters. The van der Waals surface area contributed by atoms with Gasteiger partial charge in [0, 0.05) is 5.56 Å². The molecular formula is C30H53NO2. The maximum absolute atomic E-state index is 12.2. The summed E-state index contributed by atoms with van der Waals surface area (Å²) in [6, 6.07) is 6.68. The molecule has 0 radical (unpaired) electrons. The molecule has 0 heterocycles. The lowest BCUT2D eigenvalue weighted by Crippen LogP contribution is -2.34. The highest BCUT2D eigenvalue weighted by atomic mass is 16.5. The van der Waals surface area contributed by atoms with Crippen LogP contribution in [-0.2, 0) is 15.6 Å². The van der Waals surface area contributed by atoms with E-state index < -0.39 is 6.10 Å². The van der Waals surface area contributed by atoms with Crippen molar-refractivity contribution in [2.24, 2.45) is 5.73 Å². The number of hydrogen-bond donors (Lipinski definition) is 1. The fraction of sp³-hybridized carbons (Fsp3) is 0.767. The molecule has 0 bridgehead atoms. The summed E-state index contributed by atoms with van der Waals surface area (Å²) in [5.74, 6) is 0.481. The molecule has 0 saturated carbocycles. The van der Waals surface area contributed by atoms with Crippen LogP contribution in [0, 0.1) is 0 Å². The van der Waals surface area contributed by atoms with Crippen LogP contribution in [0.15, 0.2) is 18.2 Å². The minimum atomic E-state index is -0.560. The van der Waals surface area contributed by atoms with E-state index in [1.807, 2.05) is 0 Å². The summed E-state index contributed by atoms with van der Waals surface area (Å²) in [6.45, 7) is 16.0. The Hall–Kier alpha value is -1.51. The lowest BCUT2D eigenvalue weighted by atomic mass is 9.74. The van der Waals surface area contributed by atoms with Crippen LogP contribution in [0.1, 0.15) is 143 Å². The van der Waals surface area contributed by atoms with Gasteiger partial charge in [0.2, 0.25) is 0 Å². The van der Waals surface area contributed by atoms with Crippen molar-refractivity contribution in [3.05, 3.63) is 29.3 Å². The first-order valence-corrected chi connectivity index (χ1v) is 13.7. The molecular weight excluding hydrogens is 406 g/mol. The van der Waals surface area contributed by atoms with Crippen molar-refractivity contribution in [2.75, 3.05) is 0 Å². The fourth-order valence-electron chi connectivity index (χ4n) is 4.66. The third kappa shape index (κ3) is 10.1. The number of nitrogens with two attached hydrogens (primary N) is 1. The monoisotopic (exact) mass is 459 g/mol. The van der Waals surface area contributed by atoms with Crippen molar-refractivity contribution in [2.45, 2.75) is 149 Å². The predicted molar refractivity (Wildman–Crippen MR) is 143 cm³/mol. The van der Waals surface area contributed by atoms with Crippen molar-refractivity contribution in [3.8, 4) is 5.75 Å². The molecule has 2 N–H and O–H groups in total. The molecule has 0 spiro atoms. The Morgan fingerprint density at radius 2 is 1.36 bits per heavy atom. The van der Waals surface area contributed by atoms with E-state index in [4.69, 9.17) is 10.5 Å². The van der Waals surface area contributed by atoms with Gasteiger partial charge in [0.05, 0.1) is 0 Å². The summed E-state index contributed by atoms with van der Waals surface area (Å²) < 4.78 is 6.37. The number of ether oxygens (including phenoxy) is 1.